The second-order valence-corrected chi connectivity index (χ2v) is 6.41. The Kier molecular flexibility index (Phi) is 6.17. The molecule has 1 atom stereocenters. The standard InChI is InChI=1S/C14H21N3O3S/c1-10(2)14(3,9-15)16-13(18)8-21-12-6-4-11(5-7-12)17(19)20/h4-7,10H,8-9,15H2,1-3H3,(H,16,18). The molecule has 0 aliphatic carbocycles. The lowest BCUT2D eigenvalue weighted by atomic mass is 9.88. The lowest BCUT2D eigenvalue weighted by Crippen LogP contribution is -2.55. The molecule has 116 valence electrons. The van der Waals surface area contributed by atoms with E-state index in [9.17, 15) is 14.9 Å². The number of amides is 1. The van der Waals surface area contributed by atoms with Crippen LogP contribution in [0.3, 0.4) is 0 Å². The van der Waals surface area contributed by atoms with Gasteiger partial charge in [-0.15, -0.1) is 11.8 Å². The van der Waals surface area contributed by atoms with Crippen molar-refractivity contribution in [2.75, 3.05) is 12.3 Å². The minimum atomic E-state index is -0.448. The second-order valence-electron chi connectivity index (χ2n) is 5.36. The fourth-order valence-corrected chi connectivity index (χ4v) is 2.30. The van der Waals surface area contributed by atoms with Crippen LogP contribution in [0.1, 0.15) is 20.8 Å². The van der Waals surface area contributed by atoms with Crippen molar-refractivity contribution < 1.29 is 9.72 Å². The summed E-state index contributed by atoms with van der Waals surface area (Å²) in [4.78, 5) is 22.9. The second kappa shape index (κ2) is 7.42. The average molecular weight is 311 g/mol. The fourth-order valence-electron chi connectivity index (χ4n) is 1.60. The van der Waals surface area contributed by atoms with Crippen molar-refractivity contribution in [3.05, 3.63) is 34.4 Å². The van der Waals surface area contributed by atoms with Gasteiger partial charge in [0.1, 0.15) is 0 Å². The van der Waals surface area contributed by atoms with E-state index in [0.717, 1.165) is 4.90 Å². The molecular formula is C14H21N3O3S. The van der Waals surface area contributed by atoms with Crippen LogP contribution < -0.4 is 11.1 Å². The molecule has 0 heterocycles. The molecule has 1 aromatic rings. The Morgan fingerprint density at radius 1 is 1.43 bits per heavy atom. The summed E-state index contributed by atoms with van der Waals surface area (Å²) in [5.41, 5.74) is 5.34. The van der Waals surface area contributed by atoms with Crippen molar-refractivity contribution >= 4 is 23.4 Å². The SMILES string of the molecule is CC(C)C(C)(CN)NC(=O)CSc1ccc([N+](=O)[O-])cc1. The van der Waals surface area contributed by atoms with Crippen LogP contribution >= 0.6 is 11.8 Å². The molecule has 21 heavy (non-hydrogen) atoms. The molecule has 0 aliphatic rings. The third kappa shape index (κ3) is 5.02. The molecule has 0 fully saturated rings. The molecule has 1 unspecified atom stereocenters. The first-order valence-electron chi connectivity index (χ1n) is 6.67. The maximum Gasteiger partial charge on any atom is 0.269 e. The molecule has 0 aliphatic heterocycles. The summed E-state index contributed by atoms with van der Waals surface area (Å²) in [6.07, 6.45) is 0. The molecule has 0 saturated carbocycles. The van der Waals surface area contributed by atoms with E-state index in [1.54, 1.807) is 12.1 Å². The zero-order valence-electron chi connectivity index (χ0n) is 12.5. The molecular weight excluding hydrogens is 290 g/mol. The summed E-state index contributed by atoms with van der Waals surface area (Å²) in [6.45, 7) is 6.32. The number of nitrogens with zero attached hydrogens (tertiary/aromatic N) is 1. The van der Waals surface area contributed by atoms with Crippen LogP contribution in [-0.2, 0) is 4.79 Å². The monoisotopic (exact) mass is 311 g/mol. The minimum Gasteiger partial charge on any atom is -0.349 e. The summed E-state index contributed by atoms with van der Waals surface area (Å²) >= 11 is 1.34. The Morgan fingerprint density at radius 2 is 2.00 bits per heavy atom. The van der Waals surface area contributed by atoms with E-state index in [4.69, 9.17) is 5.73 Å². The molecule has 1 rings (SSSR count). The van der Waals surface area contributed by atoms with Crippen molar-refractivity contribution in [3.63, 3.8) is 0 Å². The van der Waals surface area contributed by atoms with E-state index in [2.05, 4.69) is 5.32 Å². The predicted molar refractivity (Wildman–Crippen MR) is 84.3 cm³/mol. The van der Waals surface area contributed by atoms with E-state index >= 15 is 0 Å². The van der Waals surface area contributed by atoms with E-state index < -0.39 is 10.5 Å². The van der Waals surface area contributed by atoms with Crippen LogP contribution in [0.5, 0.6) is 0 Å². The first-order valence-corrected chi connectivity index (χ1v) is 7.65. The summed E-state index contributed by atoms with van der Waals surface area (Å²) in [5, 5.41) is 13.5. The van der Waals surface area contributed by atoms with E-state index in [0.29, 0.717) is 6.54 Å². The van der Waals surface area contributed by atoms with Gasteiger partial charge in [-0.05, 0) is 25.0 Å². The molecule has 1 amide bonds. The van der Waals surface area contributed by atoms with Crippen molar-refractivity contribution in [3.8, 4) is 0 Å². The zero-order valence-corrected chi connectivity index (χ0v) is 13.3. The zero-order chi connectivity index (χ0) is 16.0. The maximum absolute atomic E-state index is 12.0. The number of nitro groups is 1. The van der Waals surface area contributed by atoms with Gasteiger partial charge in [0.25, 0.3) is 5.69 Å². The lowest BCUT2D eigenvalue weighted by molar-refractivity contribution is -0.384. The number of non-ortho nitro benzene ring substituents is 1. The highest BCUT2D eigenvalue weighted by Gasteiger charge is 2.28. The van der Waals surface area contributed by atoms with Crippen LogP contribution in [0.2, 0.25) is 0 Å². The van der Waals surface area contributed by atoms with Gasteiger partial charge in [0.05, 0.1) is 16.2 Å². The van der Waals surface area contributed by atoms with E-state index in [-0.39, 0.29) is 23.3 Å². The summed E-state index contributed by atoms with van der Waals surface area (Å²) < 4.78 is 0. The van der Waals surface area contributed by atoms with Crippen LogP contribution in [0, 0.1) is 16.0 Å². The third-order valence-corrected chi connectivity index (χ3v) is 4.55. The van der Waals surface area contributed by atoms with E-state index in [1.165, 1.54) is 23.9 Å². The highest BCUT2D eigenvalue weighted by atomic mass is 32.2. The Bertz CT molecular complexity index is 505. The van der Waals surface area contributed by atoms with Crippen molar-refractivity contribution in [1.29, 1.82) is 0 Å². The fraction of sp³-hybridized carbons (Fsp3) is 0.500. The number of hydrogen-bond acceptors (Lipinski definition) is 5. The van der Waals surface area contributed by atoms with E-state index in [1.807, 2.05) is 20.8 Å². The van der Waals surface area contributed by atoms with Gasteiger partial charge in [-0.2, -0.15) is 0 Å². The van der Waals surface area contributed by atoms with Gasteiger partial charge in [-0.3, -0.25) is 14.9 Å². The highest BCUT2D eigenvalue weighted by molar-refractivity contribution is 8.00. The Labute approximate surface area is 128 Å². The van der Waals surface area contributed by atoms with Gasteiger partial charge in [0, 0.05) is 23.6 Å². The minimum absolute atomic E-state index is 0.0410. The quantitative estimate of drug-likeness (QED) is 0.457. The normalized spacial score (nSPS) is 13.8. The number of thioether (sulfide) groups is 1. The smallest absolute Gasteiger partial charge is 0.269 e. The van der Waals surface area contributed by atoms with Crippen molar-refractivity contribution in [2.45, 2.75) is 31.2 Å². The number of benzene rings is 1. The summed E-state index contributed by atoms with van der Waals surface area (Å²) in [7, 11) is 0. The van der Waals surface area contributed by atoms with Crippen molar-refractivity contribution in [1.82, 2.24) is 5.32 Å². The van der Waals surface area contributed by atoms with Gasteiger partial charge in [-0.25, -0.2) is 0 Å². The number of rotatable bonds is 7. The predicted octanol–water partition coefficient (Wildman–Crippen LogP) is 2.18. The number of nitrogens with two attached hydrogens (primary N) is 1. The largest absolute Gasteiger partial charge is 0.349 e. The molecule has 3 N–H and O–H groups in total. The molecule has 6 nitrogen and oxygen atoms in total. The Balaban J connectivity index is 2.55. The molecule has 0 spiro atoms. The van der Waals surface area contributed by atoms with Gasteiger partial charge in [-0.1, -0.05) is 13.8 Å². The summed E-state index contributed by atoms with van der Waals surface area (Å²) in [6, 6.07) is 6.14. The molecule has 0 bridgehead atoms. The van der Waals surface area contributed by atoms with Crippen LogP contribution in [-0.4, -0.2) is 28.7 Å². The van der Waals surface area contributed by atoms with Gasteiger partial charge in [0.2, 0.25) is 5.91 Å². The Morgan fingerprint density at radius 3 is 2.43 bits per heavy atom. The molecule has 0 radical (unpaired) electrons. The van der Waals surface area contributed by atoms with Gasteiger partial charge < -0.3 is 11.1 Å². The highest BCUT2D eigenvalue weighted by Crippen LogP contribution is 2.22. The topological polar surface area (TPSA) is 98.3 Å². The summed E-state index contributed by atoms with van der Waals surface area (Å²) in [5.74, 6) is 0.385. The molecule has 7 heteroatoms. The lowest BCUT2D eigenvalue weighted by Gasteiger charge is -2.33. The van der Waals surface area contributed by atoms with Gasteiger partial charge >= 0.3 is 0 Å². The molecule has 0 saturated heterocycles. The first-order chi connectivity index (χ1) is 9.78. The average Bonchev–Trinajstić information content (AvgIpc) is 2.45. The van der Waals surface area contributed by atoms with Crippen LogP contribution in [0.4, 0.5) is 5.69 Å². The number of carbonyl (C=O) groups is 1. The number of nitro benzene ring substituents is 1. The Hall–Kier alpha value is -1.60. The molecule has 0 aromatic heterocycles. The van der Waals surface area contributed by atoms with Crippen molar-refractivity contribution in [2.24, 2.45) is 11.7 Å². The van der Waals surface area contributed by atoms with Crippen LogP contribution in [0.15, 0.2) is 29.2 Å². The number of nitrogens with one attached hydrogen (secondary N) is 1. The van der Waals surface area contributed by atoms with Crippen LogP contribution in [0.25, 0.3) is 0 Å². The van der Waals surface area contributed by atoms with Gasteiger partial charge in [0.15, 0.2) is 0 Å². The number of carbonyl (C=O) groups excluding carboxylic acids is 1. The maximum atomic E-state index is 12.0. The molecule has 1 aromatic carbocycles. The number of hydrogen-bond donors (Lipinski definition) is 2. The first kappa shape index (κ1) is 17.5. The third-order valence-electron chi connectivity index (χ3n) is 3.54.